The summed E-state index contributed by atoms with van der Waals surface area (Å²) in [5.41, 5.74) is 3.94. The van der Waals surface area contributed by atoms with Gasteiger partial charge in [0.1, 0.15) is 12.1 Å². The summed E-state index contributed by atoms with van der Waals surface area (Å²) in [6.07, 6.45) is 7.37. The van der Waals surface area contributed by atoms with E-state index >= 15 is 0 Å². The molecule has 0 radical (unpaired) electrons. The first-order valence-corrected chi connectivity index (χ1v) is 7.97. The number of hydrogen-bond donors (Lipinski definition) is 1. The number of carbonyl (C=O) groups is 1. The average molecular weight is 337 g/mol. The predicted octanol–water partition coefficient (Wildman–Crippen LogP) is 3.43. The first-order chi connectivity index (χ1) is 12.0. The molecule has 1 N–H and O–H groups in total. The van der Waals surface area contributed by atoms with Crippen molar-refractivity contribution >= 4 is 6.09 Å². The van der Waals surface area contributed by atoms with Gasteiger partial charge in [0.15, 0.2) is 0 Å². The Balaban J connectivity index is 1.63. The van der Waals surface area contributed by atoms with E-state index in [4.69, 9.17) is 4.74 Å². The molecule has 0 bridgehead atoms. The number of aromatic hydroxyl groups is 1. The van der Waals surface area contributed by atoms with Gasteiger partial charge in [-0.3, -0.25) is 4.57 Å². The number of ether oxygens (including phenoxy) is 1. The van der Waals surface area contributed by atoms with Gasteiger partial charge in [-0.05, 0) is 55.0 Å². The van der Waals surface area contributed by atoms with Crippen molar-refractivity contribution in [3.05, 3.63) is 71.4 Å². The van der Waals surface area contributed by atoms with E-state index < -0.39 is 6.09 Å². The fourth-order valence-corrected chi connectivity index (χ4v) is 2.66. The molecular weight excluding hydrogens is 318 g/mol. The monoisotopic (exact) mass is 337 g/mol. The summed E-state index contributed by atoms with van der Waals surface area (Å²) in [4.78, 5) is 19.7. The zero-order valence-electron chi connectivity index (χ0n) is 14.1. The van der Waals surface area contributed by atoms with Crippen molar-refractivity contribution in [1.82, 2.24) is 14.5 Å². The molecule has 2 aromatic heterocycles. The van der Waals surface area contributed by atoms with Crippen molar-refractivity contribution in [3.63, 3.8) is 0 Å². The zero-order valence-corrected chi connectivity index (χ0v) is 14.1. The van der Waals surface area contributed by atoms with Crippen molar-refractivity contribution in [2.45, 2.75) is 26.7 Å². The number of phenols is 1. The molecule has 6 nitrogen and oxygen atoms in total. The molecule has 0 aliphatic carbocycles. The number of carbonyl (C=O) groups excluding carboxylic acids is 1. The summed E-state index contributed by atoms with van der Waals surface area (Å²) < 4.78 is 6.56. The fraction of sp³-hybridized carbons (Fsp3) is 0.211. The fourth-order valence-electron chi connectivity index (χ4n) is 2.66. The summed E-state index contributed by atoms with van der Waals surface area (Å²) in [5.74, 6) is 0.563. The second-order valence-electron chi connectivity index (χ2n) is 5.92. The predicted molar refractivity (Wildman–Crippen MR) is 92.9 cm³/mol. The SMILES string of the molecule is Cc1cc(CCc2ccn(C(=O)Oc3ccncn3)c2)cc(C)c1O. The molecule has 0 spiro atoms. The van der Waals surface area contributed by atoms with E-state index in [1.807, 2.05) is 32.0 Å². The number of benzene rings is 1. The first-order valence-electron chi connectivity index (χ1n) is 7.97. The molecule has 3 rings (SSSR count). The second kappa shape index (κ2) is 7.17. The Morgan fingerprint density at radius 1 is 1.16 bits per heavy atom. The van der Waals surface area contributed by atoms with E-state index in [9.17, 15) is 9.90 Å². The summed E-state index contributed by atoms with van der Waals surface area (Å²) in [5, 5.41) is 9.84. The molecule has 0 atom stereocenters. The van der Waals surface area contributed by atoms with Crippen LogP contribution in [0.25, 0.3) is 0 Å². The lowest BCUT2D eigenvalue weighted by Gasteiger charge is -2.07. The molecule has 2 heterocycles. The molecule has 0 fully saturated rings. The van der Waals surface area contributed by atoms with E-state index in [-0.39, 0.29) is 5.88 Å². The molecule has 0 saturated carbocycles. The van der Waals surface area contributed by atoms with Gasteiger partial charge in [0, 0.05) is 24.7 Å². The lowest BCUT2D eigenvalue weighted by atomic mass is 10.0. The minimum Gasteiger partial charge on any atom is -0.507 e. The molecular formula is C19H19N3O3. The van der Waals surface area contributed by atoms with Gasteiger partial charge in [-0.1, -0.05) is 12.1 Å². The van der Waals surface area contributed by atoms with Gasteiger partial charge in [-0.2, -0.15) is 0 Å². The highest BCUT2D eigenvalue weighted by Crippen LogP contribution is 2.23. The molecule has 1 aromatic carbocycles. The van der Waals surface area contributed by atoms with Crippen LogP contribution < -0.4 is 4.74 Å². The minimum atomic E-state index is -0.513. The van der Waals surface area contributed by atoms with E-state index in [1.54, 1.807) is 12.4 Å². The summed E-state index contributed by atoms with van der Waals surface area (Å²) in [6.45, 7) is 3.79. The number of nitrogens with zero attached hydrogens (tertiary/aromatic N) is 3. The van der Waals surface area contributed by atoms with Crippen LogP contribution in [0.2, 0.25) is 0 Å². The first kappa shape index (κ1) is 16.7. The Hall–Kier alpha value is -3.15. The molecule has 6 heteroatoms. The van der Waals surface area contributed by atoms with Crippen LogP contribution in [0.1, 0.15) is 22.3 Å². The Labute approximate surface area is 145 Å². The lowest BCUT2D eigenvalue weighted by Crippen LogP contribution is -2.15. The molecule has 25 heavy (non-hydrogen) atoms. The standard InChI is InChI=1S/C19H19N3O3/c1-13-9-16(10-14(2)18(13)23)4-3-15-6-8-22(11-15)19(24)25-17-5-7-20-12-21-17/h5-12,23H,3-4H2,1-2H3. The summed E-state index contributed by atoms with van der Waals surface area (Å²) >= 11 is 0. The number of phenolic OH excluding ortho intramolecular Hbond substituents is 1. The summed E-state index contributed by atoms with van der Waals surface area (Å²) in [6, 6.07) is 7.39. The van der Waals surface area contributed by atoms with E-state index in [2.05, 4.69) is 9.97 Å². The van der Waals surface area contributed by atoms with E-state index in [0.29, 0.717) is 5.75 Å². The number of hydrogen-bond acceptors (Lipinski definition) is 5. The van der Waals surface area contributed by atoms with Crippen molar-refractivity contribution in [1.29, 1.82) is 0 Å². The van der Waals surface area contributed by atoms with Gasteiger partial charge in [0.25, 0.3) is 0 Å². The topological polar surface area (TPSA) is 77.2 Å². The Morgan fingerprint density at radius 3 is 2.56 bits per heavy atom. The van der Waals surface area contributed by atoms with Crippen LogP contribution in [0.15, 0.2) is 49.2 Å². The number of rotatable bonds is 4. The highest BCUT2D eigenvalue weighted by molar-refractivity contribution is 5.73. The van der Waals surface area contributed by atoms with Crippen molar-refractivity contribution in [3.8, 4) is 11.6 Å². The van der Waals surface area contributed by atoms with Crippen molar-refractivity contribution in [2.24, 2.45) is 0 Å². The lowest BCUT2D eigenvalue weighted by molar-refractivity contribution is 0.200. The van der Waals surface area contributed by atoms with Crippen LogP contribution in [0.3, 0.4) is 0 Å². The zero-order chi connectivity index (χ0) is 17.8. The van der Waals surface area contributed by atoms with Crippen LogP contribution in [-0.2, 0) is 12.8 Å². The second-order valence-corrected chi connectivity index (χ2v) is 5.92. The van der Waals surface area contributed by atoms with Crippen molar-refractivity contribution in [2.75, 3.05) is 0 Å². The third-order valence-corrected chi connectivity index (χ3v) is 3.96. The van der Waals surface area contributed by atoms with Crippen molar-refractivity contribution < 1.29 is 14.6 Å². The van der Waals surface area contributed by atoms with Gasteiger partial charge in [0.05, 0.1) is 0 Å². The summed E-state index contributed by atoms with van der Waals surface area (Å²) in [7, 11) is 0. The smallest absolute Gasteiger partial charge is 0.424 e. The minimum absolute atomic E-state index is 0.213. The van der Waals surface area contributed by atoms with E-state index in [1.165, 1.54) is 23.2 Å². The molecule has 0 aliphatic heterocycles. The van der Waals surface area contributed by atoms with Crippen LogP contribution in [-0.4, -0.2) is 25.7 Å². The van der Waals surface area contributed by atoms with Crippen LogP contribution in [0.5, 0.6) is 11.6 Å². The maximum absolute atomic E-state index is 12.1. The molecule has 0 saturated heterocycles. The van der Waals surface area contributed by atoms with Crippen LogP contribution >= 0.6 is 0 Å². The third kappa shape index (κ3) is 4.03. The highest BCUT2D eigenvalue weighted by atomic mass is 16.6. The van der Waals surface area contributed by atoms with Crippen LogP contribution in [0, 0.1) is 13.8 Å². The average Bonchev–Trinajstić information content (AvgIpc) is 3.08. The highest BCUT2D eigenvalue weighted by Gasteiger charge is 2.10. The molecule has 128 valence electrons. The molecule has 0 amide bonds. The largest absolute Gasteiger partial charge is 0.507 e. The number of aryl methyl sites for hydroxylation is 4. The molecule has 0 aliphatic rings. The third-order valence-electron chi connectivity index (χ3n) is 3.96. The quantitative estimate of drug-likeness (QED) is 0.789. The normalized spacial score (nSPS) is 10.6. The van der Waals surface area contributed by atoms with Gasteiger partial charge in [-0.25, -0.2) is 14.8 Å². The maximum atomic E-state index is 12.1. The maximum Gasteiger partial charge on any atom is 0.424 e. The van der Waals surface area contributed by atoms with Gasteiger partial charge in [0.2, 0.25) is 5.88 Å². The Kier molecular flexibility index (Phi) is 4.79. The Morgan fingerprint density at radius 2 is 1.88 bits per heavy atom. The molecule has 0 unspecified atom stereocenters. The van der Waals surface area contributed by atoms with Crippen LogP contribution in [0.4, 0.5) is 4.79 Å². The van der Waals surface area contributed by atoms with E-state index in [0.717, 1.165) is 35.1 Å². The van der Waals surface area contributed by atoms with Gasteiger partial charge in [-0.15, -0.1) is 0 Å². The molecule has 3 aromatic rings. The number of aromatic nitrogens is 3. The van der Waals surface area contributed by atoms with Gasteiger partial charge < -0.3 is 9.84 Å². The Bertz CT molecular complexity index is 865. The van der Waals surface area contributed by atoms with Gasteiger partial charge >= 0.3 is 6.09 Å².